The zero-order valence-corrected chi connectivity index (χ0v) is 7.58. The van der Waals surface area contributed by atoms with Gasteiger partial charge in [-0.25, -0.2) is 0 Å². The van der Waals surface area contributed by atoms with E-state index in [9.17, 15) is 0 Å². The average Bonchev–Trinajstić information content (AvgIpc) is 2.04. The topological polar surface area (TPSA) is 3.24 Å². The van der Waals surface area contributed by atoms with Gasteiger partial charge in [0.1, 0.15) is 0 Å². The number of allylic oxidation sites excluding steroid dienone is 5. The molecule has 0 radical (unpaired) electrons. The maximum absolute atomic E-state index is 3.43. The highest BCUT2D eigenvalue weighted by Gasteiger charge is 2.07. The molecule has 0 saturated carbocycles. The largest absolute Gasteiger partial charge is 0.324 e. The smallest absolute Gasteiger partial charge is 0.0423 e. The van der Waals surface area contributed by atoms with Crippen molar-refractivity contribution in [2.45, 2.75) is 6.42 Å². The number of nitrogens with zero attached hydrogens (tertiary/aromatic N) is 1. The fraction of sp³-hybridized carbons (Fsp3) is 0.111. The van der Waals surface area contributed by atoms with E-state index < -0.39 is 0 Å². The summed E-state index contributed by atoms with van der Waals surface area (Å²) in [4.78, 5) is 2.11. The summed E-state index contributed by atoms with van der Waals surface area (Å²) in [5, 5.41) is 0. The predicted octanol–water partition coefficient (Wildman–Crippen LogP) is 2.90. The quantitative estimate of drug-likeness (QED) is 0.594. The van der Waals surface area contributed by atoms with Crippen molar-refractivity contribution in [2.75, 3.05) is 0 Å². The molecule has 0 spiro atoms. The number of halogens is 1. The Morgan fingerprint density at radius 2 is 2.27 bits per heavy atom. The van der Waals surface area contributed by atoms with Crippen LogP contribution in [0.25, 0.3) is 0 Å². The Labute approximate surface area is 74.5 Å². The highest BCUT2D eigenvalue weighted by Crippen LogP contribution is 2.23. The van der Waals surface area contributed by atoms with Crippen molar-refractivity contribution in [3.05, 3.63) is 46.9 Å². The molecule has 0 fully saturated rings. The van der Waals surface area contributed by atoms with Gasteiger partial charge in [-0.05, 0) is 18.6 Å². The van der Waals surface area contributed by atoms with E-state index in [1.807, 2.05) is 12.3 Å². The van der Waals surface area contributed by atoms with E-state index in [4.69, 9.17) is 0 Å². The minimum Gasteiger partial charge on any atom is -0.324 e. The molecule has 0 saturated heterocycles. The van der Waals surface area contributed by atoms with Crippen molar-refractivity contribution in [1.82, 2.24) is 4.90 Å². The Morgan fingerprint density at radius 1 is 1.36 bits per heavy atom. The van der Waals surface area contributed by atoms with Crippen LogP contribution in [0.5, 0.6) is 0 Å². The van der Waals surface area contributed by atoms with Crippen LogP contribution in [0, 0.1) is 0 Å². The summed E-state index contributed by atoms with van der Waals surface area (Å²) >= 11 is 3.43. The lowest BCUT2D eigenvalue weighted by Crippen LogP contribution is -2.12. The molecule has 2 aliphatic rings. The van der Waals surface area contributed by atoms with E-state index in [1.165, 1.54) is 5.70 Å². The van der Waals surface area contributed by atoms with Crippen molar-refractivity contribution in [1.29, 1.82) is 0 Å². The van der Waals surface area contributed by atoms with Crippen molar-refractivity contribution < 1.29 is 0 Å². The molecule has 0 bridgehead atoms. The Hall–Kier alpha value is -0.760. The first-order chi connectivity index (χ1) is 5.36. The second kappa shape index (κ2) is 2.70. The summed E-state index contributed by atoms with van der Waals surface area (Å²) in [5.41, 5.74) is 1.25. The standard InChI is InChI=1S/C9H8BrN/c10-8-4-6-11-5-2-1-3-9(11)7-8/h2-7H,1H2. The Bertz CT molecular complexity index is 284. The van der Waals surface area contributed by atoms with Crippen LogP contribution < -0.4 is 0 Å². The van der Waals surface area contributed by atoms with E-state index in [0.717, 1.165) is 10.9 Å². The molecule has 0 aromatic carbocycles. The minimum absolute atomic E-state index is 1.04. The molecule has 0 aromatic heterocycles. The fourth-order valence-corrected chi connectivity index (χ4v) is 1.52. The molecule has 0 N–H and O–H groups in total. The predicted molar refractivity (Wildman–Crippen MR) is 49.8 cm³/mol. The monoisotopic (exact) mass is 209 g/mol. The van der Waals surface area contributed by atoms with Gasteiger partial charge in [0.15, 0.2) is 0 Å². The van der Waals surface area contributed by atoms with Crippen molar-refractivity contribution in [2.24, 2.45) is 0 Å². The van der Waals surface area contributed by atoms with Crippen LogP contribution in [0.4, 0.5) is 0 Å². The van der Waals surface area contributed by atoms with Gasteiger partial charge < -0.3 is 4.90 Å². The number of fused-ring (bicyclic) bond motifs is 1. The second-order valence-corrected chi connectivity index (χ2v) is 3.42. The van der Waals surface area contributed by atoms with Gasteiger partial charge in [0.2, 0.25) is 0 Å². The first-order valence-electron chi connectivity index (χ1n) is 3.57. The van der Waals surface area contributed by atoms with E-state index in [0.29, 0.717) is 0 Å². The lowest BCUT2D eigenvalue weighted by Gasteiger charge is -2.22. The second-order valence-electron chi connectivity index (χ2n) is 2.50. The van der Waals surface area contributed by atoms with Gasteiger partial charge in [-0.1, -0.05) is 28.1 Å². The molecule has 2 aliphatic heterocycles. The van der Waals surface area contributed by atoms with Crippen molar-refractivity contribution in [3.63, 3.8) is 0 Å². The van der Waals surface area contributed by atoms with E-state index in [1.54, 1.807) is 0 Å². The summed E-state index contributed by atoms with van der Waals surface area (Å²) in [6, 6.07) is 0. The lowest BCUT2D eigenvalue weighted by atomic mass is 10.2. The van der Waals surface area contributed by atoms with E-state index in [-0.39, 0.29) is 0 Å². The van der Waals surface area contributed by atoms with Gasteiger partial charge in [0.25, 0.3) is 0 Å². The molecule has 1 nitrogen and oxygen atoms in total. The van der Waals surface area contributed by atoms with Crippen molar-refractivity contribution in [3.8, 4) is 0 Å². The molecular formula is C9H8BrN. The average molecular weight is 210 g/mol. The summed E-state index contributed by atoms with van der Waals surface area (Å²) in [5.74, 6) is 0. The molecule has 56 valence electrons. The molecular weight excluding hydrogens is 202 g/mol. The number of hydrogen-bond acceptors (Lipinski definition) is 1. The fourth-order valence-electron chi connectivity index (χ4n) is 1.16. The van der Waals surface area contributed by atoms with Gasteiger partial charge in [0.05, 0.1) is 0 Å². The van der Waals surface area contributed by atoms with Gasteiger partial charge in [0, 0.05) is 22.6 Å². The maximum atomic E-state index is 3.43. The van der Waals surface area contributed by atoms with E-state index >= 15 is 0 Å². The molecule has 2 heterocycles. The minimum atomic E-state index is 1.04. The number of hydrogen-bond donors (Lipinski definition) is 0. The normalized spacial score (nSPS) is 21.0. The zero-order valence-electron chi connectivity index (χ0n) is 6.00. The molecule has 0 aromatic rings. The van der Waals surface area contributed by atoms with Crippen LogP contribution in [-0.4, -0.2) is 4.90 Å². The zero-order chi connectivity index (χ0) is 7.68. The van der Waals surface area contributed by atoms with Gasteiger partial charge in [-0.2, -0.15) is 0 Å². The highest BCUT2D eigenvalue weighted by atomic mass is 79.9. The van der Waals surface area contributed by atoms with Gasteiger partial charge in [-0.15, -0.1) is 0 Å². The lowest BCUT2D eigenvalue weighted by molar-refractivity contribution is 0.629. The van der Waals surface area contributed by atoms with Crippen LogP contribution in [0.15, 0.2) is 46.9 Å². The van der Waals surface area contributed by atoms with Crippen molar-refractivity contribution >= 4 is 15.9 Å². The van der Waals surface area contributed by atoms with Crippen LogP contribution >= 0.6 is 15.9 Å². The Balaban J connectivity index is 2.34. The summed E-state index contributed by atoms with van der Waals surface area (Å²) in [6.07, 6.45) is 13.7. The molecule has 2 heteroatoms. The molecule has 11 heavy (non-hydrogen) atoms. The Morgan fingerprint density at radius 3 is 3.18 bits per heavy atom. The highest BCUT2D eigenvalue weighted by molar-refractivity contribution is 9.11. The molecule has 2 rings (SSSR count). The third-order valence-corrected chi connectivity index (χ3v) is 2.20. The SMILES string of the molecule is BrC1=CC2=CCC=CN2C=C1. The third-order valence-electron chi connectivity index (χ3n) is 1.71. The number of rotatable bonds is 0. The molecule has 0 atom stereocenters. The first-order valence-corrected chi connectivity index (χ1v) is 4.36. The third kappa shape index (κ3) is 1.31. The summed E-state index contributed by atoms with van der Waals surface area (Å²) in [6.45, 7) is 0. The first kappa shape index (κ1) is 6.92. The van der Waals surface area contributed by atoms with Gasteiger partial charge in [-0.3, -0.25) is 0 Å². The maximum Gasteiger partial charge on any atom is 0.0423 e. The van der Waals surface area contributed by atoms with Crippen LogP contribution in [0.2, 0.25) is 0 Å². The van der Waals surface area contributed by atoms with Crippen LogP contribution in [-0.2, 0) is 0 Å². The molecule has 0 unspecified atom stereocenters. The Kier molecular flexibility index (Phi) is 1.70. The summed E-state index contributed by atoms with van der Waals surface area (Å²) < 4.78 is 1.13. The van der Waals surface area contributed by atoms with E-state index in [2.05, 4.69) is 45.3 Å². The van der Waals surface area contributed by atoms with Gasteiger partial charge >= 0.3 is 0 Å². The molecule has 0 amide bonds. The van der Waals surface area contributed by atoms with Crippen LogP contribution in [0.1, 0.15) is 6.42 Å². The van der Waals surface area contributed by atoms with Crippen LogP contribution in [0.3, 0.4) is 0 Å². The molecule has 0 aliphatic carbocycles. The summed E-state index contributed by atoms with van der Waals surface area (Å²) in [7, 11) is 0.